The topological polar surface area (TPSA) is 17.1 Å². The minimum atomic E-state index is 0.210. The van der Waals surface area contributed by atoms with E-state index < -0.39 is 0 Å². The molecule has 1 heteroatoms. The van der Waals surface area contributed by atoms with E-state index in [1.807, 2.05) is 0 Å². The Labute approximate surface area is 112 Å². The average Bonchev–Trinajstić information content (AvgIpc) is 2.28. The fourth-order valence-electron chi connectivity index (χ4n) is 1.84. The van der Waals surface area contributed by atoms with Gasteiger partial charge in [0.25, 0.3) is 0 Å². The summed E-state index contributed by atoms with van der Waals surface area (Å²) in [7, 11) is 0. The fraction of sp³-hybridized carbons (Fsp3) is 0.588. The van der Waals surface area contributed by atoms with Gasteiger partial charge in [0, 0.05) is 12.8 Å². The number of hydrogen-bond donors (Lipinski definition) is 0. The van der Waals surface area contributed by atoms with Crippen molar-refractivity contribution in [2.75, 3.05) is 0 Å². The molecule has 0 aliphatic carbocycles. The third-order valence-electron chi connectivity index (χ3n) is 3.84. The van der Waals surface area contributed by atoms with Gasteiger partial charge in [0.1, 0.15) is 5.78 Å². The quantitative estimate of drug-likeness (QED) is 0.751. The molecule has 1 nitrogen and oxygen atoms in total. The van der Waals surface area contributed by atoms with Crippen LogP contribution in [-0.4, -0.2) is 5.78 Å². The summed E-state index contributed by atoms with van der Waals surface area (Å²) in [5, 5.41) is 0. The van der Waals surface area contributed by atoms with Crippen LogP contribution in [0.3, 0.4) is 0 Å². The zero-order valence-electron chi connectivity index (χ0n) is 12.4. The molecule has 0 amide bonds. The molecule has 0 saturated carbocycles. The largest absolute Gasteiger partial charge is 0.299 e. The molecule has 1 rings (SSSR count). The molecule has 0 aliphatic heterocycles. The van der Waals surface area contributed by atoms with Crippen LogP contribution in [-0.2, 0) is 17.6 Å². The lowest BCUT2D eigenvalue weighted by molar-refractivity contribution is -0.120. The van der Waals surface area contributed by atoms with Gasteiger partial charge in [-0.2, -0.15) is 0 Å². The van der Waals surface area contributed by atoms with Gasteiger partial charge in [-0.3, -0.25) is 4.79 Å². The summed E-state index contributed by atoms with van der Waals surface area (Å²) < 4.78 is 0. The van der Waals surface area contributed by atoms with Gasteiger partial charge in [-0.05, 0) is 28.9 Å². The Morgan fingerprint density at radius 1 is 1.11 bits per heavy atom. The Balaban J connectivity index is 2.54. The Bertz CT molecular complexity index is 381. The van der Waals surface area contributed by atoms with Crippen molar-refractivity contribution in [2.24, 2.45) is 11.3 Å². The van der Waals surface area contributed by atoms with E-state index >= 15 is 0 Å². The Morgan fingerprint density at radius 3 is 2.06 bits per heavy atom. The van der Waals surface area contributed by atoms with Crippen molar-refractivity contribution in [3.8, 4) is 0 Å². The molecular weight excluding hydrogens is 220 g/mol. The average molecular weight is 246 g/mol. The molecule has 0 radical (unpaired) electrons. The van der Waals surface area contributed by atoms with Gasteiger partial charge in [-0.1, -0.05) is 58.9 Å². The van der Waals surface area contributed by atoms with Crippen LogP contribution in [0.25, 0.3) is 0 Å². The van der Waals surface area contributed by atoms with Gasteiger partial charge in [-0.15, -0.1) is 0 Å². The van der Waals surface area contributed by atoms with Gasteiger partial charge >= 0.3 is 0 Å². The Hall–Kier alpha value is -1.11. The number of ketones is 1. The van der Waals surface area contributed by atoms with E-state index in [9.17, 15) is 4.79 Å². The van der Waals surface area contributed by atoms with Crippen molar-refractivity contribution >= 4 is 5.78 Å². The van der Waals surface area contributed by atoms with Crippen molar-refractivity contribution in [2.45, 2.75) is 53.9 Å². The van der Waals surface area contributed by atoms with E-state index in [0.717, 1.165) is 12.0 Å². The van der Waals surface area contributed by atoms with E-state index in [-0.39, 0.29) is 5.41 Å². The van der Waals surface area contributed by atoms with Gasteiger partial charge in [0.05, 0.1) is 0 Å². The predicted octanol–water partition coefficient (Wildman–Crippen LogP) is 4.43. The van der Waals surface area contributed by atoms with Crippen molar-refractivity contribution in [3.63, 3.8) is 0 Å². The van der Waals surface area contributed by atoms with E-state index in [1.165, 1.54) is 5.56 Å². The molecular formula is C17H26O. The second-order valence-corrected chi connectivity index (χ2v) is 6.36. The van der Waals surface area contributed by atoms with E-state index in [4.69, 9.17) is 0 Å². The molecule has 1 aromatic carbocycles. The maximum atomic E-state index is 12.0. The first-order valence-electron chi connectivity index (χ1n) is 6.92. The smallest absolute Gasteiger partial charge is 0.137 e. The van der Waals surface area contributed by atoms with E-state index in [2.05, 4.69) is 58.9 Å². The van der Waals surface area contributed by atoms with Gasteiger partial charge in [-0.25, -0.2) is 0 Å². The molecule has 0 heterocycles. The number of benzene rings is 1. The number of aryl methyl sites for hydroxylation is 1. The van der Waals surface area contributed by atoms with Gasteiger partial charge in [0.2, 0.25) is 0 Å². The minimum absolute atomic E-state index is 0.210. The molecule has 0 spiro atoms. The summed E-state index contributed by atoms with van der Waals surface area (Å²) >= 11 is 0. The SMILES string of the molecule is CCc1ccc(CC(=O)CC(C)C(C)(C)C)cc1. The lowest BCUT2D eigenvalue weighted by Gasteiger charge is -2.26. The summed E-state index contributed by atoms with van der Waals surface area (Å²) in [5.41, 5.74) is 2.68. The van der Waals surface area contributed by atoms with Crippen LogP contribution in [0.15, 0.2) is 24.3 Å². The first kappa shape index (κ1) is 14.9. The molecule has 0 bridgehead atoms. The molecule has 100 valence electrons. The number of rotatable bonds is 5. The first-order valence-corrected chi connectivity index (χ1v) is 6.92. The van der Waals surface area contributed by atoms with Crippen LogP contribution >= 0.6 is 0 Å². The Morgan fingerprint density at radius 2 is 1.61 bits per heavy atom. The summed E-state index contributed by atoms with van der Waals surface area (Å²) in [6, 6.07) is 8.41. The van der Waals surface area contributed by atoms with Crippen molar-refractivity contribution in [1.29, 1.82) is 0 Å². The molecule has 1 atom stereocenters. The molecule has 0 aromatic heterocycles. The summed E-state index contributed by atoms with van der Waals surface area (Å²) in [6.07, 6.45) is 2.30. The standard InChI is InChI=1S/C17H26O/c1-6-14-7-9-15(10-8-14)12-16(18)11-13(2)17(3,4)5/h7-10,13H,6,11-12H2,1-5H3. The molecule has 1 aromatic rings. The fourth-order valence-corrected chi connectivity index (χ4v) is 1.84. The van der Waals surface area contributed by atoms with Crippen molar-refractivity contribution in [3.05, 3.63) is 35.4 Å². The molecule has 18 heavy (non-hydrogen) atoms. The number of Topliss-reactive ketones (excluding diaryl/α,β-unsaturated/α-hetero) is 1. The predicted molar refractivity (Wildman–Crippen MR) is 77.8 cm³/mol. The summed E-state index contributed by atoms with van der Waals surface area (Å²) in [5.74, 6) is 0.779. The second-order valence-electron chi connectivity index (χ2n) is 6.36. The summed E-state index contributed by atoms with van der Waals surface area (Å²) in [4.78, 5) is 12.0. The zero-order valence-corrected chi connectivity index (χ0v) is 12.4. The Kier molecular flexibility index (Phi) is 5.13. The van der Waals surface area contributed by atoms with Crippen molar-refractivity contribution < 1.29 is 4.79 Å². The molecule has 0 N–H and O–H groups in total. The maximum absolute atomic E-state index is 12.0. The summed E-state index contributed by atoms with van der Waals surface area (Å²) in [6.45, 7) is 10.9. The van der Waals surface area contributed by atoms with E-state index in [0.29, 0.717) is 24.5 Å². The monoisotopic (exact) mass is 246 g/mol. The molecule has 1 unspecified atom stereocenters. The van der Waals surface area contributed by atoms with Gasteiger partial charge < -0.3 is 0 Å². The van der Waals surface area contributed by atoms with Crippen LogP contribution in [0.1, 0.15) is 52.2 Å². The minimum Gasteiger partial charge on any atom is -0.299 e. The highest BCUT2D eigenvalue weighted by atomic mass is 16.1. The highest BCUT2D eigenvalue weighted by molar-refractivity contribution is 5.81. The normalized spacial score (nSPS) is 13.4. The van der Waals surface area contributed by atoms with Crippen LogP contribution in [0, 0.1) is 11.3 Å². The third kappa shape index (κ3) is 4.64. The first-order chi connectivity index (χ1) is 8.32. The highest BCUT2D eigenvalue weighted by Gasteiger charge is 2.22. The molecule has 0 saturated heterocycles. The van der Waals surface area contributed by atoms with E-state index in [1.54, 1.807) is 0 Å². The second kappa shape index (κ2) is 6.17. The lowest BCUT2D eigenvalue weighted by Crippen LogP contribution is -2.21. The number of carbonyl (C=O) groups is 1. The zero-order chi connectivity index (χ0) is 13.8. The van der Waals surface area contributed by atoms with Crippen molar-refractivity contribution in [1.82, 2.24) is 0 Å². The third-order valence-corrected chi connectivity index (χ3v) is 3.84. The van der Waals surface area contributed by atoms with Gasteiger partial charge in [0.15, 0.2) is 0 Å². The molecule has 0 fully saturated rings. The lowest BCUT2D eigenvalue weighted by atomic mass is 9.79. The van der Waals surface area contributed by atoms with Crippen LogP contribution < -0.4 is 0 Å². The molecule has 0 aliphatic rings. The maximum Gasteiger partial charge on any atom is 0.137 e. The van der Waals surface area contributed by atoms with Crippen LogP contribution in [0.2, 0.25) is 0 Å². The van der Waals surface area contributed by atoms with Crippen LogP contribution in [0.5, 0.6) is 0 Å². The number of carbonyl (C=O) groups excluding carboxylic acids is 1. The number of hydrogen-bond acceptors (Lipinski definition) is 1. The van der Waals surface area contributed by atoms with Crippen LogP contribution in [0.4, 0.5) is 0 Å². The highest BCUT2D eigenvalue weighted by Crippen LogP contribution is 2.28.